The van der Waals surface area contributed by atoms with Crippen LogP contribution in [0.2, 0.25) is 0 Å². The van der Waals surface area contributed by atoms with Gasteiger partial charge in [0.25, 0.3) is 0 Å². The minimum atomic E-state index is -4.56. The zero-order valence-electron chi connectivity index (χ0n) is 11.6. The topological polar surface area (TPSA) is 12.0 Å². The highest BCUT2D eigenvalue weighted by atomic mass is 19.4. The number of alkyl halides is 6. The van der Waals surface area contributed by atoms with E-state index in [1.165, 1.54) is 30.3 Å². The van der Waals surface area contributed by atoms with Crippen LogP contribution in [0.5, 0.6) is 0 Å². The van der Waals surface area contributed by atoms with Gasteiger partial charge in [-0.3, -0.25) is 0 Å². The standard InChI is InChI=1S/C16H11F6N/c17-15(18,19)11-6-2-1-5-10(11)13-8-9-4-3-7-12(14(9)23-13)16(20,21)22/h1-7,13,23H,8H2. The van der Waals surface area contributed by atoms with Gasteiger partial charge in [0.1, 0.15) is 0 Å². The molecule has 7 heteroatoms. The van der Waals surface area contributed by atoms with Crippen molar-refractivity contribution in [3.8, 4) is 0 Å². The number of fused-ring (bicyclic) bond motifs is 1. The number of para-hydroxylation sites is 1. The van der Waals surface area contributed by atoms with Crippen molar-refractivity contribution in [2.45, 2.75) is 24.8 Å². The summed E-state index contributed by atoms with van der Waals surface area (Å²) in [7, 11) is 0. The van der Waals surface area contributed by atoms with Crippen molar-refractivity contribution >= 4 is 5.69 Å². The highest BCUT2D eigenvalue weighted by Crippen LogP contribution is 2.45. The van der Waals surface area contributed by atoms with Gasteiger partial charge in [0.2, 0.25) is 0 Å². The summed E-state index contributed by atoms with van der Waals surface area (Å²) in [6.45, 7) is 0. The summed E-state index contributed by atoms with van der Waals surface area (Å²) in [6.07, 6.45) is -9.04. The monoisotopic (exact) mass is 331 g/mol. The van der Waals surface area contributed by atoms with Crippen molar-refractivity contribution in [3.05, 3.63) is 64.7 Å². The zero-order valence-corrected chi connectivity index (χ0v) is 11.6. The number of halogens is 6. The first-order chi connectivity index (χ1) is 10.7. The van der Waals surface area contributed by atoms with Gasteiger partial charge in [0.05, 0.1) is 22.9 Å². The minimum absolute atomic E-state index is 0.0516. The van der Waals surface area contributed by atoms with Crippen LogP contribution in [-0.4, -0.2) is 0 Å². The van der Waals surface area contributed by atoms with Crippen LogP contribution in [-0.2, 0) is 18.8 Å². The van der Waals surface area contributed by atoms with Crippen LogP contribution in [0.15, 0.2) is 42.5 Å². The molecule has 0 fully saturated rings. The Bertz CT molecular complexity index is 732. The Labute approximate surface area is 127 Å². The predicted octanol–water partition coefficient (Wildman–Crippen LogP) is 5.43. The fourth-order valence-electron chi connectivity index (χ4n) is 2.87. The molecule has 0 saturated heterocycles. The summed E-state index contributed by atoms with van der Waals surface area (Å²) in [6, 6.07) is 7.77. The van der Waals surface area contributed by atoms with Gasteiger partial charge in [0.15, 0.2) is 0 Å². The van der Waals surface area contributed by atoms with Gasteiger partial charge in [-0.05, 0) is 29.7 Å². The molecule has 2 aromatic carbocycles. The second-order valence-electron chi connectivity index (χ2n) is 5.32. The fraction of sp³-hybridized carbons (Fsp3) is 0.250. The molecule has 0 bridgehead atoms. The average molecular weight is 331 g/mol. The van der Waals surface area contributed by atoms with Gasteiger partial charge in [0, 0.05) is 0 Å². The number of hydrogen-bond acceptors (Lipinski definition) is 1. The Kier molecular flexibility index (Phi) is 3.54. The van der Waals surface area contributed by atoms with E-state index in [4.69, 9.17) is 0 Å². The van der Waals surface area contributed by atoms with Crippen molar-refractivity contribution < 1.29 is 26.3 Å². The SMILES string of the molecule is FC(F)(F)c1ccccc1C1Cc2cccc(C(F)(F)F)c2N1. The van der Waals surface area contributed by atoms with Crippen LogP contribution in [0.4, 0.5) is 32.0 Å². The van der Waals surface area contributed by atoms with E-state index in [0.29, 0.717) is 5.56 Å². The fourth-order valence-corrected chi connectivity index (χ4v) is 2.87. The van der Waals surface area contributed by atoms with Crippen LogP contribution in [0, 0.1) is 0 Å². The first-order valence-electron chi connectivity index (χ1n) is 6.79. The van der Waals surface area contributed by atoms with Gasteiger partial charge >= 0.3 is 12.4 Å². The summed E-state index contributed by atoms with van der Waals surface area (Å²) in [5, 5.41) is 2.62. The van der Waals surface area contributed by atoms with E-state index in [2.05, 4.69) is 5.32 Å². The first kappa shape index (κ1) is 15.7. The molecule has 0 amide bonds. The van der Waals surface area contributed by atoms with E-state index in [0.717, 1.165) is 12.1 Å². The molecule has 122 valence electrons. The van der Waals surface area contributed by atoms with Crippen molar-refractivity contribution in [2.75, 3.05) is 5.32 Å². The molecular formula is C16H11F6N. The lowest BCUT2D eigenvalue weighted by Crippen LogP contribution is -2.16. The third-order valence-electron chi connectivity index (χ3n) is 3.84. The van der Waals surface area contributed by atoms with E-state index >= 15 is 0 Å². The quantitative estimate of drug-likeness (QED) is 0.687. The van der Waals surface area contributed by atoms with Gasteiger partial charge in [-0.1, -0.05) is 30.3 Å². The Morgan fingerprint density at radius 3 is 2.04 bits per heavy atom. The van der Waals surface area contributed by atoms with Crippen molar-refractivity contribution in [1.29, 1.82) is 0 Å². The van der Waals surface area contributed by atoms with Crippen molar-refractivity contribution in [1.82, 2.24) is 0 Å². The molecule has 1 unspecified atom stereocenters. The van der Waals surface area contributed by atoms with Gasteiger partial charge in [-0.15, -0.1) is 0 Å². The van der Waals surface area contributed by atoms with E-state index in [9.17, 15) is 26.3 Å². The molecule has 1 N–H and O–H groups in total. The van der Waals surface area contributed by atoms with Crippen LogP contribution >= 0.6 is 0 Å². The second-order valence-corrected chi connectivity index (χ2v) is 5.32. The van der Waals surface area contributed by atoms with Crippen LogP contribution < -0.4 is 5.32 Å². The van der Waals surface area contributed by atoms with Crippen LogP contribution in [0.25, 0.3) is 0 Å². The number of benzene rings is 2. The number of hydrogen-bond donors (Lipinski definition) is 1. The lowest BCUT2D eigenvalue weighted by atomic mass is 9.97. The molecule has 1 aliphatic heterocycles. The Morgan fingerprint density at radius 2 is 1.39 bits per heavy atom. The average Bonchev–Trinajstić information content (AvgIpc) is 2.88. The molecule has 0 aliphatic carbocycles. The molecule has 2 aromatic rings. The largest absolute Gasteiger partial charge is 0.418 e. The highest BCUT2D eigenvalue weighted by Gasteiger charge is 2.40. The first-order valence-corrected chi connectivity index (χ1v) is 6.79. The molecule has 0 spiro atoms. The molecule has 0 radical (unpaired) electrons. The molecular weight excluding hydrogens is 320 g/mol. The molecule has 1 atom stereocenters. The normalized spacial score (nSPS) is 17.7. The maximum Gasteiger partial charge on any atom is 0.418 e. The van der Waals surface area contributed by atoms with Gasteiger partial charge in [-0.25, -0.2) is 0 Å². The number of nitrogens with one attached hydrogen (secondary N) is 1. The summed E-state index contributed by atoms with van der Waals surface area (Å²) < 4.78 is 78.3. The van der Waals surface area contributed by atoms with E-state index in [-0.39, 0.29) is 17.7 Å². The number of rotatable bonds is 1. The lowest BCUT2D eigenvalue weighted by Gasteiger charge is -2.19. The smallest absolute Gasteiger partial charge is 0.377 e. The van der Waals surface area contributed by atoms with Crippen LogP contribution in [0.1, 0.15) is 28.3 Å². The predicted molar refractivity (Wildman–Crippen MR) is 73.0 cm³/mol. The third-order valence-corrected chi connectivity index (χ3v) is 3.84. The summed E-state index contributed by atoms with van der Waals surface area (Å²) in [4.78, 5) is 0. The molecule has 23 heavy (non-hydrogen) atoms. The molecule has 1 nitrogen and oxygen atoms in total. The summed E-state index contributed by atoms with van der Waals surface area (Å²) in [5.74, 6) is 0. The second kappa shape index (κ2) is 5.18. The Morgan fingerprint density at radius 1 is 0.783 bits per heavy atom. The third kappa shape index (κ3) is 2.87. The zero-order chi connectivity index (χ0) is 16.8. The van der Waals surface area contributed by atoms with Gasteiger partial charge < -0.3 is 5.32 Å². The summed E-state index contributed by atoms with van der Waals surface area (Å²) in [5.41, 5.74) is -1.52. The van der Waals surface area contributed by atoms with Crippen molar-refractivity contribution in [3.63, 3.8) is 0 Å². The summed E-state index contributed by atoms with van der Waals surface area (Å²) >= 11 is 0. The van der Waals surface area contributed by atoms with Gasteiger partial charge in [-0.2, -0.15) is 26.3 Å². The Hall–Kier alpha value is -2.18. The molecule has 1 aliphatic rings. The Balaban J connectivity index is 2.02. The molecule has 1 heterocycles. The minimum Gasteiger partial charge on any atom is -0.377 e. The van der Waals surface area contributed by atoms with Crippen molar-refractivity contribution in [2.24, 2.45) is 0 Å². The molecule has 0 saturated carbocycles. The lowest BCUT2D eigenvalue weighted by molar-refractivity contribution is -0.138. The molecule has 3 rings (SSSR count). The van der Waals surface area contributed by atoms with E-state index in [1.54, 1.807) is 0 Å². The highest BCUT2D eigenvalue weighted by molar-refractivity contribution is 5.64. The van der Waals surface area contributed by atoms with E-state index < -0.39 is 29.5 Å². The number of anilines is 1. The maximum absolute atomic E-state index is 13.1. The van der Waals surface area contributed by atoms with Crippen LogP contribution in [0.3, 0.4) is 0 Å². The van der Waals surface area contributed by atoms with E-state index in [1.807, 2.05) is 0 Å². The molecule has 0 aromatic heterocycles. The maximum atomic E-state index is 13.1.